The van der Waals surface area contributed by atoms with Gasteiger partial charge in [0.1, 0.15) is 16.8 Å². The van der Waals surface area contributed by atoms with Gasteiger partial charge < -0.3 is 19.3 Å². The van der Waals surface area contributed by atoms with Crippen molar-refractivity contribution in [1.82, 2.24) is 8.75 Å². The van der Waals surface area contributed by atoms with E-state index in [9.17, 15) is 9.90 Å². The van der Waals surface area contributed by atoms with Crippen LogP contribution in [0, 0.1) is 6.92 Å². The SMILES string of the molecule is COc1ccc(CC2=C(c3ccc4nsnc4c3)C(=O)OC2(O)c2ccc(OC)c(C)c2)s1. The zero-order valence-electron chi connectivity index (χ0n) is 18.1. The van der Waals surface area contributed by atoms with Crippen molar-refractivity contribution >= 4 is 45.6 Å². The highest BCUT2D eigenvalue weighted by atomic mass is 32.1. The molecule has 1 unspecified atom stereocenters. The molecule has 1 aliphatic rings. The Morgan fingerprint density at radius 3 is 2.58 bits per heavy atom. The minimum atomic E-state index is -1.92. The Morgan fingerprint density at radius 2 is 1.85 bits per heavy atom. The van der Waals surface area contributed by atoms with Crippen LogP contribution in [0.15, 0.2) is 54.1 Å². The fourth-order valence-corrected chi connectivity index (χ4v) is 5.38. The van der Waals surface area contributed by atoms with Crippen LogP contribution < -0.4 is 9.47 Å². The molecule has 168 valence electrons. The smallest absolute Gasteiger partial charge is 0.342 e. The first-order chi connectivity index (χ1) is 15.9. The second-order valence-electron chi connectivity index (χ2n) is 7.64. The van der Waals surface area contributed by atoms with Gasteiger partial charge in [0.2, 0.25) is 0 Å². The Hall–Kier alpha value is -3.27. The van der Waals surface area contributed by atoms with E-state index >= 15 is 0 Å². The first kappa shape index (κ1) is 21.6. The Morgan fingerprint density at radius 1 is 1.03 bits per heavy atom. The Kier molecular flexibility index (Phi) is 5.40. The predicted molar refractivity (Wildman–Crippen MR) is 127 cm³/mol. The van der Waals surface area contributed by atoms with Crippen LogP contribution in [0.2, 0.25) is 0 Å². The Balaban J connectivity index is 1.69. The van der Waals surface area contributed by atoms with Crippen LogP contribution >= 0.6 is 23.1 Å². The summed E-state index contributed by atoms with van der Waals surface area (Å²) in [6, 6.07) is 14.5. The van der Waals surface area contributed by atoms with Gasteiger partial charge in [0.25, 0.3) is 5.79 Å². The average molecular weight is 481 g/mol. The Labute approximate surface area is 198 Å². The van der Waals surface area contributed by atoms with Gasteiger partial charge in [0.05, 0.1) is 31.5 Å². The number of esters is 1. The van der Waals surface area contributed by atoms with Crippen LogP contribution in [0.1, 0.15) is 21.6 Å². The molecule has 0 amide bonds. The monoisotopic (exact) mass is 480 g/mol. The maximum Gasteiger partial charge on any atom is 0.342 e. The number of hydrogen-bond donors (Lipinski definition) is 1. The highest BCUT2D eigenvalue weighted by Gasteiger charge is 2.48. The zero-order valence-corrected chi connectivity index (χ0v) is 19.8. The standard InChI is InChI=1S/C24H20N2O5S2/c1-13-10-15(5-8-20(13)29-2)24(28)17(12-16-6-9-21(30-3)32-16)22(23(27)31-24)14-4-7-18-19(11-14)26-33-25-18/h4-11,28H,12H2,1-3H3. The van der Waals surface area contributed by atoms with Crippen LogP contribution in [0.25, 0.3) is 16.6 Å². The van der Waals surface area contributed by atoms with E-state index in [1.807, 2.05) is 25.1 Å². The molecule has 0 saturated carbocycles. The third kappa shape index (κ3) is 3.68. The molecule has 0 spiro atoms. The lowest BCUT2D eigenvalue weighted by Crippen LogP contribution is -2.29. The first-order valence-electron chi connectivity index (χ1n) is 10.1. The molecule has 2 aromatic carbocycles. The van der Waals surface area contributed by atoms with E-state index < -0.39 is 11.8 Å². The molecule has 5 rings (SSSR count). The number of aliphatic hydroxyl groups is 1. The molecule has 0 fully saturated rings. The number of hydrogen-bond acceptors (Lipinski definition) is 9. The van der Waals surface area contributed by atoms with Crippen molar-refractivity contribution < 1.29 is 24.1 Å². The lowest BCUT2D eigenvalue weighted by molar-refractivity contribution is -0.185. The molecular weight excluding hydrogens is 460 g/mol. The van der Waals surface area contributed by atoms with Gasteiger partial charge >= 0.3 is 5.97 Å². The molecule has 4 aromatic rings. The lowest BCUT2D eigenvalue weighted by Gasteiger charge is -2.26. The largest absolute Gasteiger partial charge is 0.496 e. The normalized spacial score (nSPS) is 18.1. The van der Waals surface area contributed by atoms with Crippen molar-refractivity contribution in [2.75, 3.05) is 14.2 Å². The fourth-order valence-electron chi connectivity index (χ4n) is 4.04. The van der Waals surface area contributed by atoms with Crippen molar-refractivity contribution in [2.24, 2.45) is 0 Å². The van der Waals surface area contributed by atoms with Crippen LogP contribution in [0.4, 0.5) is 0 Å². The number of nitrogens with zero attached hydrogens (tertiary/aromatic N) is 2. The molecule has 1 N–H and O–H groups in total. The number of aromatic nitrogens is 2. The number of ether oxygens (including phenoxy) is 3. The number of methoxy groups -OCH3 is 2. The summed E-state index contributed by atoms with van der Waals surface area (Å²) in [6.45, 7) is 1.88. The van der Waals surface area contributed by atoms with Gasteiger partial charge in [-0.1, -0.05) is 6.07 Å². The lowest BCUT2D eigenvalue weighted by atomic mass is 9.89. The van der Waals surface area contributed by atoms with Crippen molar-refractivity contribution in [1.29, 1.82) is 0 Å². The van der Waals surface area contributed by atoms with Gasteiger partial charge in [-0.3, -0.25) is 0 Å². The number of thiophene rings is 1. The van der Waals surface area contributed by atoms with Crippen molar-refractivity contribution in [3.8, 4) is 10.8 Å². The van der Waals surface area contributed by atoms with E-state index in [4.69, 9.17) is 14.2 Å². The van der Waals surface area contributed by atoms with Crippen molar-refractivity contribution in [3.05, 3.63) is 75.7 Å². The second-order valence-corrected chi connectivity index (χ2v) is 9.30. The maximum absolute atomic E-state index is 13.2. The molecular formula is C24H20N2O5S2. The summed E-state index contributed by atoms with van der Waals surface area (Å²) in [5.41, 5.74) is 4.13. The van der Waals surface area contributed by atoms with Gasteiger partial charge in [0, 0.05) is 22.4 Å². The molecule has 33 heavy (non-hydrogen) atoms. The van der Waals surface area contributed by atoms with Crippen molar-refractivity contribution in [3.63, 3.8) is 0 Å². The highest BCUT2D eigenvalue weighted by Crippen LogP contribution is 2.46. The molecule has 9 heteroatoms. The van der Waals surface area contributed by atoms with Crippen LogP contribution in [0.5, 0.6) is 10.8 Å². The number of carbonyl (C=O) groups excluding carboxylic acids is 1. The molecule has 1 atom stereocenters. The topological polar surface area (TPSA) is 90.8 Å². The summed E-state index contributed by atoms with van der Waals surface area (Å²) in [7, 11) is 3.19. The van der Waals surface area contributed by atoms with Gasteiger partial charge in [-0.25, -0.2) is 4.79 Å². The molecule has 3 heterocycles. The zero-order chi connectivity index (χ0) is 23.2. The molecule has 1 aliphatic heterocycles. The van der Waals surface area contributed by atoms with E-state index in [2.05, 4.69) is 8.75 Å². The summed E-state index contributed by atoms with van der Waals surface area (Å²) in [5.74, 6) is -1.83. The first-order valence-corrected chi connectivity index (χ1v) is 11.7. The number of benzene rings is 2. The summed E-state index contributed by atoms with van der Waals surface area (Å²) in [4.78, 5) is 14.1. The Bertz CT molecular complexity index is 1410. The summed E-state index contributed by atoms with van der Waals surface area (Å²) in [5, 5.41) is 12.6. The third-order valence-electron chi connectivity index (χ3n) is 5.67. The minimum absolute atomic E-state index is 0.310. The molecule has 2 aromatic heterocycles. The molecule has 7 nitrogen and oxygen atoms in total. The molecule has 0 radical (unpaired) electrons. The van der Waals surface area contributed by atoms with Gasteiger partial charge in [0.15, 0.2) is 5.06 Å². The number of aryl methyl sites for hydroxylation is 1. The van der Waals surface area contributed by atoms with Crippen molar-refractivity contribution in [2.45, 2.75) is 19.1 Å². The quantitative estimate of drug-likeness (QED) is 0.407. The molecule has 0 aliphatic carbocycles. The summed E-state index contributed by atoms with van der Waals surface area (Å²) in [6.07, 6.45) is 0.310. The summed E-state index contributed by atoms with van der Waals surface area (Å²) < 4.78 is 24.9. The van der Waals surface area contributed by atoms with E-state index in [0.717, 1.165) is 32.7 Å². The fraction of sp³-hybridized carbons (Fsp3) is 0.208. The van der Waals surface area contributed by atoms with Gasteiger partial charge in [-0.05, 0) is 60.5 Å². The van der Waals surface area contributed by atoms with E-state index in [-0.39, 0.29) is 0 Å². The van der Waals surface area contributed by atoms with Crippen LogP contribution in [-0.2, 0) is 21.7 Å². The predicted octanol–water partition coefficient (Wildman–Crippen LogP) is 4.48. The van der Waals surface area contributed by atoms with Crippen LogP contribution in [-0.4, -0.2) is 34.0 Å². The summed E-state index contributed by atoms with van der Waals surface area (Å²) >= 11 is 2.56. The number of fused-ring (bicyclic) bond motifs is 1. The van der Waals surface area contributed by atoms with Gasteiger partial charge in [-0.15, -0.1) is 11.3 Å². The van der Waals surface area contributed by atoms with Crippen LogP contribution in [0.3, 0.4) is 0 Å². The number of cyclic esters (lactones) is 1. The average Bonchev–Trinajstić information content (AvgIpc) is 3.52. The number of carbonyl (C=O) groups is 1. The number of rotatable bonds is 6. The highest BCUT2D eigenvalue weighted by molar-refractivity contribution is 7.13. The third-order valence-corrected chi connectivity index (χ3v) is 7.28. The van der Waals surface area contributed by atoms with Gasteiger partial charge in [-0.2, -0.15) is 8.75 Å². The molecule has 0 saturated heterocycles. The van der Waals surface area contributed by atoms with E-state index in [1.165, 1.54) is 11.3 Å². The minimum Gasteiger partial charge on any atom is -0.496 e. The van der Waals surface area contributed by atoms with E-state index in [1.54, 1.807) is 44.6 Å². The second kappa shape index (κ2) is 8.26. The maximum atomic E-state index is 13.2. The molecule has 0 bridgehead atoms. The van der Waals surface area contributed by atoms with E-state index in [0.29, 0.717) is 40.0 Å².